The standard InChI is InChI=1S/C18H19N3O3/c1-11-4-3-5-13(8-11)19-18(23)21-15-10-24-16-9-12(2)6-7-14(16)20-17(15)22/h3-9,15H,10H2,1-2H3,(H,20,22)(H2,19,21,23)/t15-/m1/s1. The van der Waals surface area contributed by atoms with E-state index in [9.17, 15) is 9.59 Å². The molecule has 2 aromatic rings. The molecule has 0 bridgehead atoms. The highest BCUT2D eigenvalue weighted by molar-refractivity contribution is 6.00. The fourth-order valence-electron chi connectivity index (χ4n) is 2.48. The molecule has 3 rings (SSSR count). The van der Waals surface area contributed by atoms with Gasteiger partial charge in [0.2, 0.25) is 0 Å². The first-order valence-electron chi connectivity index (χ1n) is 7.70. The first-order chi connectivity index (χ1) is 11.5. The fourth-order valence-corrected chi connectivity index (χ4v) is 2.48. The highest BCUT2D eigenvalue weighted by Gasteiger charge is 2.26. The van der Waals surface area contributed by atoms with Crippen LogP contribution in [-0.2, 0) is 4.79 Å². The van der Waals surface area contributed by atoms with Gasteiger partial charge in [-0.3, -0.25) is 4.79 Å². The van der Waals surface area contributed by atoms with Gasteiger partial charge in [0.25, 0.3) is 5.91 Å². The Hall–Kier alpha value is -3.02. The van der Waals surface area contributed by atoms with Crippen LogP contribution in [0.3, 0.4) is 0 Å². The third-order valence-electron chi connectivity index (χ3n) is 3.70. The number of amides is 3. The molecule has 0 unspecified atom stereocenters. The van der Waals surface area contributed by atoms with E-state index in [4.69, 9.17) is 4.74 Å². The Bertz CT molecular complexity index is 789. The Balaban J connectivity index is 1.65. The van der Waals surface area contributed by atoms with E-state index in [2.05, 4.69) is 16.0 Å². The molecule has 6 nitrogen and oxygen atoms in total. The van der Waals surface area contributed by atoms with Gasteiger partial charge < -0.3 is 20.7 Å². The van der Waals surface area contributed by atoms with Crippen LogP contribution in [0.2, 0.25) is 0 Å². The van der Waals surface area contributed by atoms with E-state index in [-0.39, 0.29) is 12.5 Å². The third-order valence-corrected chi connectivity index (χ3v) is 3.70. The zero-order chi connectivity index (χ0) is 17.1. The molecule has 0 aromatic heterocycles. The van der Waals surface area contributed by atoms with Crippen LogP contribution in [0.1, 0.15) is 11.1 Å². The second kappa shape index (κ2) is 6.62. The van der Waals surface area contributed by atoms with Gasteiger partial charge in [-0.1, -0.05) is 18.2 Å². The lowest BCUT2D eigenvalue weighted by Crippen LogP contribution is -2.47. The SMILES string of the molecule is Cc1cccc(NC(=O)N[C@@H]2COc3cc(C)ccc3NC2=O)c1. The minimum Gasteiger partial charge on any atom is -0.489 e. The molecular formula is C18H19N3O3. The van der Waals surface area contributed by atoms with Crippen molar-refractivity contribution in [3.8, 4) is 5.75 Å². The first-order valence-corrected chi connectivity index (χ1v) is 7.70. The summed E-state index contributed by atoms with van der Waals surface area (Å²) in [7, 11) is 0. The van der Waals surface area contributed by atoms with E-state index >= 15 is 0 Å². The largest absolute Gasteiger partial charge is 0.489 e. The van der Waals surface area contributed by atoms with Crippen LogP contribution in [-0.4, -0.2) is 24.6 Å². The summed E-state index contributed by atoms with van der Waals surface area (Å²) in [5.41, 5.74) is 3.34. The second-order valence-corrected chi connectivity index (χ2v) is 5.82. The average Bonchev–Trinajstić information content (AvgIpc) is 2.67. The van der Waals surface area contributed by atoms with Crippen LogP contribution in [0.4, 0.5) is 16.2 Å². The summed E-state index contributed by atoms with van der Waals surface area (Å²) in [5.74, 6) is 0.295. The summed E-state index contributed by atoms with van der Waals surface area (Å²) in [6, 6.07) is 11.7. The summed E-state index contributed by atoms with van der Waals surface area (Å²) >= 11 is 0. The molecule has 1 aliphatic rings. The van der Waals surface area contributed by atoms with Crippen LogP contribution in [0.25, 0.3) is 0 Å². The summed E-state index contributed by atoms with van der Waals surface area (Å²) in [6.07, 6.45) is 0. The van der Waals surface area contributed by atoms with Gasteiger partial charge in [-0.15, -0.1) is 0 Å². The zero-order valence-corrected chi connectivity index (χ0v) is 13.6. The number of urea groups is 1. The van der Waals surface area contributed by atoms with Gasteiger partial charge in [-0.05, 0) is 49.2 Å². The Morgan fingerprint density at radius 2 is 1.96 bits per heavy atom. The van der Waals surface area contributed by atoms with Gasteiger partial charge in [0.05, 0.1) is 5.69 Å². The fraction of sp³-hybridized carbons (Fsp3) is 0.222. The van der Waals surface area contributed by atoms with E-state index in [1.54, 1.807) is 12.1 Å². The van der Waals surface area contributed by atoms with Crippen LogP contribution < -0.4 is 20.7 Å². The Labute approximate surface area is 140 Å². The smallest absolute Gasteiger partial charge is 0.320 e. The lowest BCUT2D eigenvalue weighted by molar-refractivity contribution is -0.118. The lowest BCUT2D eigenvalue weighted by atomic mass is 10.2. The lowest BCUT2D eigenvalue weighted by Gasteiger charge is -2.15. The van der Waals surface area contributed by atoms with Crippen molar-refractivity contribution in [2.45, 2.75) is 19.9 Å². The van der Waals surface area contributed by atoms with Crippen molar-refractivity contribution in [2.75, 3.05) is 17.2 Å². The van der Waals surface area contributed by atoms with Crippen molar-refractivity contribution in [1.82, 2.24) is 5.32 Å². The van der Waals surface area contributed by atoms with Crippen molar-refractivity contribution in [1.29, 1.82) is 0 Å². The number of carbonyl (C=O) groups excluding carboxylic acids is 2. The minimum atomic E-state index is -0.775. The van der Waals surface area contributed by atoms with E-state index < -0.39 is 12.1 Å². The third kappa shape index (κ3) is 3.65. The summed E-state index contributed by atoms with van der Waals surface area (Å²) < 4.78 is 5.66. The second-order valence-electron chi connectivity index (χ2n) is 5.82. The molecule has 24 heavy (non-hydrogen) atoms. The molecule has 3 N–H and O–H groups in total. The predicted octanol–water partition coefficient (Wildman–Crippen LogP) is 2.82. The highest BCUT2D eigenvalue weighted by Crippen LogP contribution is 2.27. The molecule has 1 atom stereocenters. The predicted molar refractivity (Wildman–Crippen MR) is 92.4 cm³/mol. The Morgan fingerprint density at radius 1 is 1.17 bits per heavy atom. The average molecular weight is 325 g/mol. The van der Waals surface area contributed by atoms with Gasteiger partial charge >= 0.3 is 6.03 Å². The Kier molecular flexibility index (Phi) is 4.37. The molecule has 124 valence electrons. The molecule has 0 fully saturated rings. The molecular weight excluding hydrogens is 306 g/mol. The monoisotopic (exact) mass is 325 g/mol. The number of hydrogen-bond acceptors (Lipinski definition) is 3. The van der Waals surface area contributed by atoms with Crippen molar-refractivity contribution in [3.05, 3.63) is 53.6 Å². The summed E-state index contributed by atoms with van der Waals surface area (Å²) in [6.45, 7) is 3.96. The van der Waals surface area contributed by atoms with Gasteiger partial charge in [0.15, 0.2) is 0 Å². The van der Waals surface area contributed by atoms with Crippen LogP contribution in [0, 0.1) is 13.8 Å². The minimum absolute atomic E-state index is 0.0729. The van der Waals surface area contributed by atoms with Crippen LogP contribution in [0.5, 0.6) is 5.75 Å². The molecule has 2 aromatic carbocycles. The molecule has 1 heterocycles. The number of hydrogen-bond donors (Lipinski definition) is 3. The molecule has 0 saturated heterocycles. The molecule has 3 amide bonds. The number of benzene rings is 2. The number of rotatable bonds is 2. The van der Waals surface area contributed by atoms with Gasteiger partial charge in [0, 0.05) is 5.69 Å². The number of aryl methyl sites for hydroxylation is 2. The maximum Gasteiger partial charge on any atom is 0.320 e. The van der Waals surface area contributed by atoms with Crippen molar-refractivity contribution in [3.63, 3.8) is 0 Å². The summed E-state index contributed by atoms with van der Waals surface area (Å²) in [5, 5.41) is 8.13. The Morgan fingerprint density at radius 3 is 2.75 bits per heavy atom. The van der Waals surface area contributed by atoms with Crippen LogP contribution >= 0.6 is 0 Å². The number of nitrogens with one attached hydrogen (secondary N) is 3. The van der Waals surface area contributed by atoms with Gasteiger partial charge in [-0.2, -0.15) is 0 Å². The van der Waals surface area contributed by atoms with Gasteiger partial charge in [-0.25, -0.2) is 4.79 Å². The number of anilines is 2. The molecule has 1 aliphatic heterocycles. The van der Waals surface area contributed by atoms with Crippen molar-refractivity contribution >= 4 is 23.3 Å². The van der Waals surface area contributed by atoms with Gasteiger partial charge in [0.1, 0.15) is 18.4 Å². The van der Waals surface area contributed by atoms with Crippen molar-refractivity contribution < 1.29 is 14.3 Å². The molecule has 0 aliphatic carbocycles. The van der Waals surface area contributed by atoms with E-state index in [0.29, 0.717) is 17.1 Å². The molecule has 6 heteroatoms. The maximum absolute atomic E-state index is 12.3. The van der Waals surface area contributed by atoms with Crippen molar-refractivity contribution in [2.24, 2.45) is 0 Å². The van der Waals surface area contributed by atoms with E-state index in [1.165, 1.54) is 0 Å². The first kappa shape index (κ1) is 15.9. The molecule has 0 saturated carbocycles. The van der Waals surface area contributed by atoms with E-state index in [0.717, 1.165) is 11.1 Å². The summed E-state index contributed by atoms with van der Waals surface area (Å²) in [4.78, 5) is 24.4. The quantitative estimate of drug-likeness (QED) is 0.794. The zero-order valence-electron chi connectivity index (χ0n) is 13.6. The normalized spacial score (nSPS) is 16.2. The maximum atomic E-state index is 12.3. The molecule has 0 radical (unpaired) electrons. The topological polar surface area (TPSA) is 79.5 Å². The number of ether oxygens (including phenoxy) is 1. The van der Waals surface area contributed by atoms with E-state index in [1.807, 2.05) is 44.2 Å². The van der Waals surface area contributed by atoms with Crippen LogP contribution in [0.15, 0.2) is 42.5 Å². The number of fused-ring (bicyclic) bond motifs is 1. The molecule has 0 spiro atoms. The highest BCUT2D eigenvalue weighted by atomic mass is 16.5. The number of carbonyl (C=O) groups is 2.